The maximum Gasteiger partial charge on any atom is 0.291 e. The first-order chi connectivity index (χ1) is 12.7. The lowest BCUT2D eigenvalue weighted by atomic mass is 10.2. The molecule has 0 saturated carbocycles. The molecule has 26 heavy (non-hydrogen) atoms. The van der Waals surface area contributed by atoms with Crippen molar-refractivity contribution >= 4 is 39.8 Å². The van der Waals surface area contributed by atoms with E-state index in [1.165, 1.54) is 11.3 Å². The molecule has 0 aliphatic rings. The third-order valence-electron chi connectivity index (χ3n) is 4.05. The zero-order valence-electron chi connectivity index (χ0n) is 15.0. The number of benzene rings is 1. The fourth-order valence-corrected chi connectivity index (χ4v) is 3.52. The van der Waals surface area contributed by atoms with E-state index in [4.69, 9.17) is 4.42 Å². The van der Waals surface area contributed by atoms with Crippen LogP contribution in [0.5, 0.6) is 0 Å². The number of para-hydroxylation sites is 1. The molecule has 136 valence electrons. The van der Waals surface area contributed by atoms with Gasteiger partial charge in [0.2, 0.25) is 5.76 Å². The van der Waals surface area contributed by atoms with Gasteiger partial charge in [0, 0.05) is 18.5 Å². The van der Waals surface area contributed by atoms with E-state index < -0.39 is 0 Å². The number of amides is 2. The molecule has 2 amide bonds. The van der Waals surface area contributed by atoms with Crippen LogP contribution in [0.25, 0.3) is 11.0 Å². The van der Waals surface area contributed by atoms with E-state index in [1.807, 2.05) is 43.5 Å². The summed E-state index contributed by atoms with van der Waals surface area (Å²) < 4.78 is 5.85. The Balaban J connectivity index is 2.01. The van der Waals surface area contributed by atoms with Crippen LogP contribution in [-0.4, -0.2) is 29.8 Å². The average Bonchev–Trinajstić information content (AvgIpc) is 3.29. The standard InChI is InChI=1S/C20H22N2O3S/c1-3-11-22(12-4-2)20(24)18-17(14-8-5-6-9-15(14)25-18)21-19(23)16-10-7-13-26-16/h5-10,13H,3-4,11-12H2,1-2H3,(H,21,23). The minimum Gasteiger partial charge on any atom is -0.449 e. The third-order valence-corrected chi connectivity index (χ3v) is 4.92. The molecule has 0 radical (unpaired) electrons. The Morgan fingerprint density at radius 2 is 1.81 bits per heavy atom. The molecule has 0 fully saturated rings. The van der Waals surface area contributed by atoms with E-state index in [-0.39, 0.29) is 17.6 Å². The second-order valence-electron chi connectivity index (χ2n) is 6.03. The van der Waals surface area contributed by atoms with Gasteiger partial charge in [-0.3, -0.25) is 9.59 Å². The first-order valence-electron chi connectivity index (χ1n) is 8.81. The van der Waals surface area contributed by atoms with Crippen LogP contribution >= 0.6 is 11.3 Å². The highest BCUT2D eigenvalue weighted by Crippen LogP contribution is 2.32. The van der Waals surface area contributed by atoms with Gasteiger partial charge in [0.15, 0.2) is 0 Å². The summed E-state index contributed by atoms with van der Waals surface area (Å²) in [6.45, 7) is 5.38. The molecule has 0 saturated heterocycles. The van der Waals surface area contributed by atoms with E-state index in [0.717, 1.165) is 18.2 Å². The summed E-state index contributed by atoms with van der Waals surface area (Å²) in [6, 6.07) is 10.9. The number of nitrogens with zero attached hydrogens (tertiary/aromatic N) is 1. The third kappa shape index (κ3) is 3.65. The van der Waals surface area contributed by atoms with Gasteiger partial charge in [-0.1, -0.05) is 32.0 Å². The summed E-state index contributed by atoms with van der Waals surface area (Å²) in [5, 5.41) is 5.46. The monoisotopic (exact) mass is 370 g/mol. The lowest BCUT2D eigenvalue weighted by molar-refractivity contribution is 0.0727. The fourth-order valence-electron chi connectivity index (χ4n) is 2.90. The number of hydrogen-bond donors (Lipinski definition) is 1. The smallest absolute Gasteiger partial charge is 0.291 e. The molecule has 5 nitrogen and oxygen atoms in total. The Morgan fingerprint density at radius 3 is 2.46 bits per heavy atom. The number of carbonyl (C=O) groups excluding carboxylic acids is 2. The molecular formula is C20H22N2O3S. The van der Waals surface area contributed by atoms with Crippen molar-refractivity contribution in [2.75, 3.05) is 18.4 Å². The number of carbonyl (C=O) groups is 2. The van der Waals surface area contributed by atoms with Crippen molar-refractivity contribution in [3.63, 3.8) is 0 Å². The van der Waals surface area contributed by atoms with Gasteiger partial charge in [-0.2, -0.15) is 0 Å². The number of thiophene rings is 1. The topological polar surface area (TPSA) is 62.6 Å². The Labute approximate surface area is 156 Å². The van der Waals surface area contributed by atoms with Crippen LogP contribution in [0.15, 0.2) is 46.2 Å². The Bertz CT molecular complexity index is 893. The second kappa shape index (κ2) is 8.19. The van der Waals surface area contributed by atoms with Crippen molar-refractivity contribution in [3.8, 4) is 0 Å². The number of furan rings is 1. The highest BCUT2D eigenvalue weighted by atomic mass is 32.1. The van der Waals surface area contributed by atoms with Gasteiger partial charge in [0.05, 0.1) is 4.88 Å². The Morgan fingerprint density at radius 1 is 1.08 bits per heavy atom. The highest BCUT2D eigenvalue weighted by molar-refractivity contribution is 7.12. The average molecular weight is 370 g/mol. The minimum absolute atomic E-state index is 0.189. The summed E-state index contributed by atoms with van der Waals surface area (Å²) in [6.07, 6.45) is 1.73. The molecule has 0 aliphatic heterocycles. The van der Waals surface area contributed by atoms with Crippen LogP contribution in [0.3, 0.4) is 0 Å². The van der Waals surface area contributed by atoms with Crippen LogP contribution < -0.4 is 5.32 Å². The van der Waals surface area contributed by atoms with Gasteiger partial charge in [-0.15, -0.1) is 11.3 Å². The van der Waals surface area contributed by atoms with E-state index in [9.17, 15) is 9.59 Å². The van der Waals surface area contributed by atoms with Crippen LogP contribution in [0.2, 0.25) is 0 Å². The molecule has 1 aromatic carbocycles. The largest absolute Gasteiger partial charge is 0.449 e. The van der Waals surface area contributed by atoms with Gasteiger partial charge in [0.1, 0.15) is 11.3 Å². The summed E-state index contributed by atoms with van der Waals surface area (Å²) >= 11 is 1.36. The summed E-state index contributed by atoms with van der Waals surface area (Å²) in [7, 11) is 0. The zero-order valence-corrected chi connectivity index (χ0v) is 15.8. The molecule has 0 bridgehead atoms. The van der Waals surface area contributed by atoms with E-state index >= 15 is 0 Å². The molecule has 6 heteroatoms. The van der Waals surface area contributed by atoms with Gasteiger partial charge < -0.3 is 14.6 Å². The first kappa shape index (κ1) is 18.2. The van der Waals surface area contributed by atoms with Crippen molar-refractivity contribution in [1.29, 1.82) is 0 Å². The maximum absolute atomic E-state index is 13.1. The number of nitrogens with one attached hydrogen (secondary N) is 1. The van der Waals surface area contributed by atoms with Gasteiger partial charge in [-0.05, 0) is 36.4 Å². The Hall–Kier alpha value is -2.60. The molecule has 0 spiro atoms. The zero-order chi connectivity index (χ0) is 18.5. The number of anilines is 1. The molecular weight excluding hydrogens is 348 g/mol. The van der Waals surface area contributed by atoms with Gasteiger partial charge in [0.25, 0.3) is 11.8 Å². The van der Waals surface area contributed by atoms with Crippen LogP contribution in [-0.2, 0) is 0 Å². The van der Waals surface area contributed by atoms with Crippen LogP contribution in [0.4, 0.5) is 5.69 Å². The molecule has 3 aromatic rings. The molecule has 1 N–H and O–H groups in total. The van der Waals surface area contributed by atoms with Crippen molar-refractivity contribution in [3.05, 3.63) is 52.4 Å². The van der Waals surface area contributed by atoms with Crippen molar-refractivity contribution < 1.29 is 14.0 Å². The van der Waals surface area contributed by atoms with Crippen LogP contribution in [0, 0.1) is 0 Å². The van der Waals surface area contributed by atoms with Gasteiger partial charge in [-0.25, -0.2) is 0 Å². The van der Waals surface area contributed by atoms with Crippen LogP contribution in [0.1, 0.15) is 46.9 Å². The quantitative estimate of drug-likeness (QED) is 0.636. The van der Waals surface area contributed by atoms with Crippen molar-refractivity contribution in [1.82, 2.24) is 4.90 Å². The fraction of sp³-hybridized carbons (Fsp3) is 0.300. The number of hydrogen-bond acceptors (Lipinski definition) is 4. The Kier molecular flexibility index (Phi) is 5.73. The van der Waals surface area contributed by atoms with E-state index in [1.54, 1.807) is 17.0 Å². The maximum atomic E-state index is 13.1. The van der Waals surface area contributed by atoms with Crippen molar-refractivity contribution in [2.45, 2.75) is 26.7 Å². The summed E-state index contributed by atoms with van der Waals surface area (Å²) in [5.41, 5.74) is 1.03. The predicted molar refractivity (Wildman–Crippen MR) is 105 cm³/mol. The first-order valence-corrected chi connectivity index (χ1v) is 9.69. The summed E-state index contributed by atoms with van der Waals surface area (Å²) in [4.78, 5) is 28.0. The van der Waals surface area contributed by atoms with E-state index in [0.29, 0.717) is 29.2 Å². The minimum atomic E-state index is -0.238. The normalized spacial score (nSPS) is 10.8. The van der Waals surface area contributed by atoms with Gasteiger partial charge >= 0.3 is 0 Å². The molecule has 2 heterocycles. The lowest BCUT2D eigenvalue weighted by Gasteiger charge is -2.20. The molecule has 0 unspecified atom stereocenters. The molecule has 0 atom stereocenters. The van der Waals surface area contributed by atoms with Crippen molar-refractivity contribution in [2.24, 2.45) is 0 Å². The predicted octanol–water partition coefficient (Wildman–Crippen LogP) is 5.01. The SMILES string of the molecule is CCCN(CCC)C(=O)c1oc2ccccc2c1NC(=O)c1cccs1. The molecule has 2 aromatic heterocycles. The second-order valence-corrected chi connectivity index (χ2v) is 6.97. The number of rotatable bonds is 7. The molecule has 0 aliphatic carbocycles. The highest BCUT2D eigenvalue weighted by Gasteiger charge is 2.26. The lowest BCUT2D eigenvalue weighted by Crippen LogP contribution is -2.32. The number of fused-ring (bicyclic) bond motifs is 1. The van der Waals surface area contributed by atoms with E-state index in [2.05, 4.69) is 5.32 Å². The molecule has 3 rings (SSSR count). The summed E-state index contributed by atoms with van der Waals surface area (Å²) in [5.74, 6) is -0.234.